The fraction of sp³-hybridized carbons (Fsp3) is 0.591. The topological polar surface area (TPSA) is 117 Å². The highest BCUT2D eigenvalue weighted by Gasteiger charge is 2.43. The summed E-state index contributed by atoms with van der Waals surface area (Å²) >= 11 is 0. The van der Waals surface area contributed by atoms with E-state index >= 15 is 0 Å². The third-order valence-electron chi connectivity index (χ3n) is 5.21. The second kappa shape index (κ2) is 12.3. The number of likely N-dealkylation sites (N-methyl/N-ethyl adjacent to an activating group) is 1. The number of hydrogen-bond acceptors (Lipinski definition) is 6. The molecule has 8 heteroatoms. The first kappa shape index (κ1) is 25.6. The van der Waals surface area contributed by atoms with Crippen LogP contribution in [0.15, 0.2) is 24.3 Å². The smallest absolute Gasteiger partial charge is 0.242 e. The molecule has 1 aromatic rings. The number of rotatable bonds is 13. The number of hydrogen-bond donors (Lipinski definition) is 4. The molecule has 0 spiro atoms. The lowest BCUT2D eigenvalue weighted by Crippen LogP contribution is -2.59. The van der Waals surface area contributed by atoms with E-state index in [2.05, 4.69) is 16.1 Å². The highest BCUT2D eigenvalue weighted by Crippen LogP contribution is 2.28. The third-order valence-corrected chi connectivity index (χ3v) is 5.21. The number of nitrogens with one attached hydrogen (secondary N) is 3. The Morgan fingerprint density at radius 3 is 2.27 bits per heavy atom. The molecule has 0 fully saturated rings. The van der Waals surface area contributed by atoms with Gasteiger partial charge < -0.3 is 25.4 Å². The normalized spacial score (nSPS) is 15.0. The zero-order chi connectivity index (χ0) is 22.7. The van der Waals surface area contributed by atoms with Crippen LogP contribution in [0.3, 0.4) is 0 Å². The van der Waals surface area contributed by atoms with Crippen molar-refractivity contribution in [3.63, 3.8) is 0 Å². The predicted octanol–water partition coefficient (Wildman–Crippen LogP) is 1.85. The molecule has 0 aromatic heterocycles. The molecule has 8 nitrogen and oxygen atoms in total. The molecule has 3 atom stereocenters. The first-order valence-electron chi connectivity index (χ1n) is 10.3. The molecule has 0 aliphatic rings. The number of benzene rings is 1. The Labute approximate surface area is 178 Å². The monoisotopic (exact) mass is 421 g/mol. The molecule has 1 rings (SSSR count). The maximum atomic E-state index is 13.2. The van der Waals surface area contributed by atoms with E-state index in [0.717, 1.165) is 5.56 Å². The van der Waals surface area contributed by atoms with E-state index in [-0.39, 0.29) is 18.2 Å². The summed E-state index contributed by atoms with van der Waals surface area (Å²) in [5, 5.41) is 15.1. The summed E-state index contributed by atoms with van der Waals surface area (Å²) in [5.74, 6) is -0.826. The van der Waals surface area contributed by atoms with Crippen molar-refractivity contribution >= 4 is 18.1 Å². The lowest BCUT2D eigenvalue weighted by molar-refractivity contribution is -0.139. The highest BCUT2D eigenvalue weighted by molar-refractivity contribution is 5.91. The van der Waals surface area contributed by atoms with Gasteiger partial charge in [-0.15, -0.1) is 0 Å². The van der Waals surface area contributed by atoms with Crippen molar-refractivity contribution in [1.82, 2.24) is 16.1 Å². The summed E-state index contributed by atoms with van der Waals surface area (Å²) in [6.07, 6.45) is 2.14. The van der Waals surface area contributed by atoms with Gasteiger partial charge in [-0.2, -0.15) is 5.48 Å². The van der Waals surface area contributed by atoms with Crippen LogP contribution >= 0.6 is 0 Å². The van der Waals surface area contributed by atoms with Crippen molar-refractivity contribution in [3.05, 3.63) is 29.8 Å². The molecule has 0 aliphatic carbocycles. The lowest BCUT2D eigenvalue weighted by atomic mass is 9.76. The lowest BCUT2D eigenvalue weighted by Gasteiger charge is -2.35. The van der Waals surface area contributed by atoms with E-state index in [9.17, 15) is 19.6 Å². The van der Waals surface area contributed by atoms with E-state index in [1.807, 2.05) is 32.9 Å². The summed E-state index contributed by atoms with van der Waals surface area (Å²) < 4.78 is 5.15. The van der Waals surface area contributed by atoms with Crippen LogP contribution in [0.2, 0.25) is 0 Å². The Morgan fingerprint density at radius 2 is 1.83 bits per heavy atom. The van der Waals surface area contributed by atoms with E-state index in [4.69, 9.17) is 4.74 Å². The van der Waals surface area contributed by atoms with Gasteiger partial charge in [0.25, 0.3) is 0 Å². The van der Waals surface area contributed by atoms with Crippen molar-refractivity contribution < 1.29 is 24.3 Å². The van der Waals surface area contributed by atoms with E-state index in [0.29, 0.717) is 31.3 Å². The number of amides is 2. The minimum absolute atomic E-state index is 0.102. The second-order valence-electron chi connectivity index (χ2n) is 7.93. The number of carbonyl (C=O) groups excluding carboxylic acids is 3. The van der Waals surface area contributed by atoms with Gasteiger partial charge in [-0.1, -0.05) is 39.3 Å². The first-order chi connectivity index (χ1) is 14.3. The average molecular weight is 422 g/mol. The number of carbonyl (C=O) groups is 3. The summed E-state index contributed by atoms with van der Waals surface area (Å²) in [7, 11) is 3.07. The van der Waals surface area contributed by atoms with Gasteiger partial charge in [0.15, 0.2) is 0 Å². The van der Waals surface area contributed by atoms with Crippen molar-refractivity contribution in [2.24, 2.45) is 11.8 Å². The quantitative estimate of drug-likeness (QED) is 0.285. The van der Waals surface area contributed by atoms with Crippen LogP contribution in [0.25, 0.3) is 0 Å². The van der Waals surface area contributed by atoms with Gasteiger partial charge in [0.1, 0.15) is 23.6 Å². The maximum absolute atomic E-state index is 13.2. The molecule has 0 radical (unpaired) electrons. The molecule has 2 amide bonds. The molecule has 168 valence electrons. The predicted molar refractivity (Wildman–Crippen MR) is 114 cm³/mol. The van der Waals surface area contributed by atoms with Crippen LogP contribution in [0.4, 0.5) is 0 Å². The summed E-state index contributed by atoms with van der Waals surface area (Å²) in [6, 6.07) is 6.40. The summed E-state index contributed by atoms with van der Waals surface area (Å²) in [6.45, 7) is 5.75. The van der Waals surface area contributed by atoms with Crippen molar-refractivity contribution in [2.45, 2.75) is 58.0 Å². The van der Waals surface area contributed by atoms with Gasteiger partial charge in [0.05, 0.1) is 13.0 Å². The van der Waals surface area contributed by atoms with Gasteiger partial charge in [0, 0.05) is 13.5 Å². The molecule has 0 bridgehead atoms. The van der Waals surface area contributed by atoms with Crippen LogP contribution in [0.5, 0.6) is 5.75 Å². The van der Waals surface area contributed by atoms with E-state index in [1.165, 1.54) is 7.05 Å². The largest absolute Gasteiger partial charge is 0.497 e. The fourth-order valence-corrected chi connectivity index (χ4v) is 3.56. The molecular formula is C22H35N3O5. The molecule has 0 heterocycles. The van der Waals surface area contributed by atoms with Crippen molar-refractivity contribution in [1.29, 1.82) is 0 Å². The summed E-state index contributed by atoms with van der Waals surface area (Å²) in [5.41, 5.74) is 1.53. The number of hydroxylamine groups is 1. The Bertz CT molecular complexity index is 693. The van der Waals surface area contributed by atoms with Crippen LogP contribution < -0.4 is 20.9 Å². The van der Waals surface area contributed by atoms with Crippen molar-refractivity contribution in [2.75, 3.05) is 14.2 Å². The van der Waals surface area contributed by atoms with Gasteiger partial charge in [-0.05, 0) is 36.5 Å². The van der Waals surface area contributed by atoms with Crippen LogP contribution in [0, 0.1) is 11.8 Å². The van der Waals surface area contributed by atoms with Crippen molar-refractivity contribution in [3.8, 4) is 5.75 Å². The van der Waals surface area contributed by atoms with Crippen LogP contribution in [0.1, 0.15) is 45.6 Å². The minimum Gasteiger partial charge on any atom is -0.497 e. The molecule has 0 saturated heterocycles. The Kier molecular flexibility index (Phi) is 10.5. The SMILES string of the molecule is CCC[C@](C=O)(NO)C(CC(C)C)C(=O)NC(Cc1ccc(OC)cc1)C(=O)NC. The molecule has 2 unspecified atom stereocenters. The van der Waals surface area contributed by atoms with Crippen LogP contribution in [-0.4, -0.2) is 49.0 Å². The van der Waals surface area contributed by atoms with E-state index in [1.54, 1.807) is 19.2 Å². The maximum Gasteiger partial charge on any atom is 0.242 e. The van der Waals surface area contributed by atoms with Gasteiger partial charge in [-0.3, -0.25) is 9.59 Å². The zero-order valence-corrected chi connectivity index (χ0v) is 18.5. The molecule has 4 N–H and O–H groups in total. The molecule has 0 saturated carbocycles. The van der Waals surface area contributed by atoms with E-state index < -0.39 is 23.4 Å². The molecule has 1 aromatic carbocycles. The van der Waals surface area contributed by atoms with Gasteiger partial charge >= 0.3 is 0 Å². The fourth-order valence-electron chi connectivity index (χ4n) is 3.56. The molecular weight excluding hydrogens is 386 g/mol. The van der Waals surface area contributed by atoms with Gasteiger partial charge in [-0.25, -0.2) is 0 Å². The Hall–Kier alpha value is -2.45. The van der Waals surface area contributed by atoms with Gasteiger partial charge in [0.2, 0.25) is 11.8 Å². The number of methoxy groups -OCH3 is 1. The molecule has 0 aliphatic heterocycles. The zero-order valence-electron chi connectivity index (χ0n) is 18.5. The minimum atomic E-state index is -1.41. The Balaban J connectivity index is 3.14. The number of aldehydes is 1. The first-order valence-corrected chi connectivity index (χ1v) is 10.3. The second-order valence-corrected chi connectivity index (χ2v) is 7.93. The third kappa shape index (κ3) is 6.81. The highest BCUT2D eigenvalue weighted by atomic mass is 16.5. The number of ether oxygens (including phenoxy) is 1. The molecule has 30 heavy (non-hydrogen) atoms. The Morgan fingerprint density at radius 1 is 1.20 bits per heavy atom. The van der Waals surface area contributed by atoms with Crippen LogP contribution in [-0.2, 0) is 20.8 Å². The average Bonchev–Trinajstić information content (AvgIpc) is 2.75. The standard InChI is InChI=1S/C22H35N3O5/c1-6-11-22(14-26,25-29)18(12-15(2)3)20(27)24-19(21(28)23-4)13-16-7-9-17(30-5)10-8-16/h7-10,14-15,18-19,25,29H,6,11-13H2,1-5H3,(H,23,28)(H,24,27)/t18?,19?,22-/m1/s1. The summed E-state index contributed by atoms with van der Waals surface area (Å²) in [4.78, 5) is 37.6.